The van der Waals surface area contributed by atoms with Gasteiger partial charge in [-0.05, 0) is 191 Å². The molecule has 0 unspecified atom stereocenters. The highest BCUT2D eigenvalue weighted by Crippen LogP contribution is 2.39. The Labute approximate surface area is 747 Å². The molecule has 0 saturated heterocycles. The van der Waals surface area contributed by atoms with Crippen molar-refractivity contribution in [2.45, 2.75) is 155 Å². The molecule has 0 atom stereocenters. The summed E-state index contributed by atoms with van der Waals surface area (Å²) in [7, 11) is -49.1. The van der Waals surface area contributed by atoms with Gasteiger partial charge in [0.1, 0.15) is 22.9 Å². The maximum Gasteiger partial charge on any atom is 0.336 e. The monoisotopic (exact) mass is 1990 g/mol. The molecule has 129 heavy (non-hydrogen) atoms. The highest BCUT2D eigenvalue weighted by atomic mass is 32.3. The first-order valence-electron chi connectivity index (χ1n) is 38.8. The van der Waals surface area contributed by atoms with E-state index in [-0.39, 0.29) is 188 Å². The lowest BCUT2D eigenvalue weighted by Gasteiger charge is -2.30. The molecule has 7 aromatic rings. The Bertz CT molecular complexity index is 7110. The maximum atomic E-state index is 14.2. The summed E-state index contributed by atoms with van der Waals surface area (Å²) in [6.45, 7) is 9.67. The van der Waals surface area contributed by atoms with E-state index < -0.39 is 177 Å². The molecule has 704 valence electrons. The normalized spacial score (nSPS) is 14.3. The van der Waals surface area contributed by atoms with E-state index in [1.54, 1.807) is 54.5 Å². The van der Waals surface area contributed by atoms with Crippen LogP contribution in [0, 0.1) is 27.7 Å². The number of carboxylic acid groups (broad SMARTS) is 1. The van der Waals surface area contributed by atoms with Gasteiger partial charge in [-0.1, -0.05) is 30.7 Å². The van der Waals surface area contributed by atoms with Gasteiger partial charge in [0.15, 0.2) is 11.4 Å². The van der Waals surface area contributed by atoms with Gasteiger partial charge < -0.3 is 25.1 Å². The van der Waals surface area contributed by atoms with Crippen LogP contribution in [-0.2, 0) is 125 Å². The number of benzene rings is 7. The zero-order chi connectivity index (χ0) is 96.6. The molecule has 1 aliphatic rings. The van der Waals surface area contributed by atoms with Crippen molar-refractivity contribution in [3.8, 4) is 0 Å². The first-order valence-corrected chi connectivity index (χ1v) is 53.9. The Morgan fingerprint density at radius 3 is 1.45 bits per heavy atom. The first-order chi connectivity index (χ1) is 59.3. The van der Waals surface area contributed by atoms with Crippen LogP contribution in [0.1, 0.15) is 138 Å². The van der Waals surface area contributed by atoms with Gasteiger partial charge in [-0.25, -0.2) is 4.79 Å². The van der Waals surface area contributed by atoms with Crippen LogP contribution in [0.2, 0.25) is 0 Å². The number of aryl methyl sites for hydroxylation is 3. The maximum absolute atomic E-state index is 14.2. The Morgan fingerprint density at radius 2 is 0.930 bits per heavy atom. The standard InChI is InChI=1S/C79H94N6O34S10/c1-50-39-57(23-26-70(50)82(31-14-36-121(93,94)95)51(2)17-11-18-53(4)84(32-15-37-122(96,97)98)73-45-61(124(102,103)104)44-68(56(73)7)79(88)89)48-80-78(87)59-40-58-29-34-81(49-69(58)74(41-59)127(111,112)113)77(86)22-9-8-10-30-83(71-27-24-64-66(54(71)5)42-62(125(105,106)107)46-75(64)128(114,115)116)52(3)19-12-20-60(21-13-35-120(90,91)92)85(33-16-38-123(99,100)101)72-28-25-65-67(55(72)6)43-63(126(108,109)110)47-76(65)129(117,118)119/h11-12,17-20,23-28,39-47H,8-10,13-16,21-22,29-38,48-49H2,1-7H3,(H10-2,80,87,88,89,90,91,92,93,94,95,96,97,98,99,100,101,102,103,104,105,106,107,108,109,110,111,112,113,114,115,116,117,118,119)/p+2. The molecule has 1 heterocycles. The summed E-state index contributed by atoms with van der Waals surface area (Å²) in [6, 6.07) is 17.2. The number of fused-ring (bicyclic) bond motifs is 3. The summed E-state index contributed by atoms with van der Waals surface area (Å²) in [4.78, 5) is 39.7. The fourth-order valence-corrected chi connectivity index (χ4v) is 20.9. The number of carboxylic acids is 1. The lowest BCUT2D eigenvalue weighted by atomic mass is 9.96. The Hall–Kier alpha value is -9.53. The molecule has 8 rings (SSSR count). The number of hydrogen-bond donors (Lipinski definition) is 12. The minimum Gasteiger partial charge on any atom is -0.478 e. The first kappa shape index (κ1) is 105. The Balaban J connectivity index is 1.05. The highest BCUT2D eigenvalue weighted by Gasteiger charge is 2.33. The van der Waals surface area contributed by atoms with E-state index in [4.69, 9.17) is 0 Å². The molecule has 40 nitrogen and oxygen atoms in total. The van der Waals surface area contributed by atoms with Crippen LogP contribution in [-0.4, -0.2) is 234 Å². The molecule has 0 fully saturated rings. The van der Waals surface area contributed by atoms with Crippen molar-refractivity contribution in [1.82, 2.24) is 10.2 Å². The van der Waals surface area contributed by atoms with E-state index in [1.807, 2.05) is 0 Å². The molecular weight excluding hydrogens is 1900 g/mol. The van der Waals surface area contributed by atoms with Gasteiger partial charge in [-0.15, -0.1) is 0 Å². The van der Waals surface area contributed by atoms with E-state index in [2.05, 4.69) is 5.32 Å². The van der Waals surface area contributed by atoms with Gasteiger partial charge in [0.25, 0.3) is 107 Å². The summed E-state index contributed by atoms with van der Waals surface area (Å²) in [5.41, 5.74) is 3.01. The van der Waals surface area contributed by atoms with Crippen molar-refractivity contribution in [2.24, 2.45) is 0 Å². The number of amides is 2. The van der Waals surface area contributed by atoms with Crippen LogP contribution in [0.4, 0.5) is 22.7 Å². The minimum atomic E-state index is -5.21. The lowest BCUT2D eigenvalue weighted by molar-refractivity contribution is -0.441. The van der Waals surface area contributed by atoms with Gasteiger partial charge in [0.2, 0.25) is 17.3 Å². The van der Waals surface area contributed by atoms with Gasteiger partial charge >= 0.3 is 5.97 Å². The Kier molecular flexibility index (Phi) is 33.7. The molecule has 0 aliphatic carbocycles. The number of rotatable bonds is 42. The quantitative estimate of drug-likeness (QED) is 0.00557. The van der Waals surface area contributed by atoms with E-state index in [1.165, 1.54) is 96.7 Å². The number of allylic oxidation sites excluding steroid dienone is 8. The summed E-state index contributed by atoms with van der Waals surface area (Å²) in [5, 5.41) is 12.0. The van der Waals surface area contributed by atoms with Crippen molar-refractivity contribution in [1.29, 1.82) is 0 Å². The number of carbonyl (C=O) groups excluding carboxylic acids is 2. The molecule has 0 aromatic heterocycles. The zero-order valence-corrected chi connectivity index (χ0v) is 78.3. The third-order valence-corrected chi connectivity index (χ3v) is 29.5. The van der Waals surface area contributed by atoms with Crippen molar-refractivity contribution in [2.75, 3.05) is 65.5 Å². The zero-order valence-electron chi connectivity index (χ0n) is 70.1. The van der Waals surface area contributed by atoms with Gasteiger partial charge in [0, 0.05) is 140 Å². The second kappa shape index (κ2) is 41.5. The molecule has 2 amide bonds. The van der Waals surface area contributed by atoms with Gasteiger partial charge in [0.05, 0.1) is 48.2 Å². The molecule has 0 spiro atoms. The number of aromatic carboxylic acids is 1. The Morgan fingerprint density at radius 1 is 0.450 bits per heavy atom. The molecular formula is C79H96N6O34S10+2. The van der Waals surface area contributed by atoms with Crippen molar-refractivity contribution < 1.29 is 158 Å². The second-order valence-electron chi connectivity index (χ2n) is 30.4. The number of nitrogens with zero attached hydrogens (tertiary/aromatic N) is 5. The molecule has 12 N–H and O–H groups in total. The summed E-state index contributed by atoms with van der Waals surface area (Å²) < 4.78 is 351. The van der Waals surface area contributed by atoms with Crippen LogP contribution in [0.3, 0.4) is 0 Å². The molecule has 7 aromatic carbocycles. The van der Waals surface area contributed by atoms with E-state index in [0.717, 1.165) is 36.4 Å². The van der Waals surface area contributed by atoms with Crippen molar-refractivity contribution in [3.05, 3.63) is 189 Å². The van der Waals surface area contributed by atoms with Crippen LogP contribution in [0.15, 0.2) is 168 Å². The highest BCUT2D eigenvalue weighted by molar-refractivity contribution is 7.88. The van der Waals surface area contributed by atoms with Gasteiger partial charge in [-0.2, -0.15) is 93.3 Å². The molecule has 0 radical (unpaired) electrons. The third kappa shape index (κ3) is 29.0. The van der Waals surface area contributed by atoms with Crippen molar-refractivity contribution in [3.63, 3.8) is 0 Å². The molecule has 0 saturated carbocycles. The molecule has 50 heteroatoms. The number of anilines is 2. The van der Waals surface area contributed by atoms with Gasteiger partial charge in [-0.3, -0.25) is 55.1 Å². The SMILES string of the molecule is C\C(=C/C=C/C(C)=[N+](\CCCS(=O)(=O)O)c1ccc(CNC(=O)c2cc3c(c(S(=O)(=O)O)c2)CN(C(=O)CCCCCN(/C(C)=C/C=C/C(CCCS(=O)(=O)O)=[N+](\CCCS(=O)(=O)O)c2ccc4c(S(=O)(=O)O)cc(S(=O)(=O)O)cc4c2C)c2ccc4c(S(=O)(=O)O)cc(S(=O)(=O)O)cc4c2C)CC3)cc1C)N(CCCS(=O)(=O)O)c1cc(S(=O)(=O)O)cc(C(=O)O)c1C. The van der Waals surface area contributed by atoms with Crippen LogP contribution >= 0.6 is 0 Å². The summed E-state index contributed by atoms with van der Waals surface area (Å²) in [5.74, 6) is -5.85. The van der Waals surface area contributed by atoms with E-state index in [0.29, 0.717) is 45.9 Å². The lowest BCUT2D eigenvalue weighted by Crippen LogP contribution is -2.37. The predicted molar refractivity (Wildman–Crippen MR) is 475 cm³/mol. The van der Waals surface area contributed by atoms with E-state index >= 15 is 0 Å². The summed E-state index contributed by atoms with van der Waals surface area (Å²) in [6.07, 6.45) is 8.21. The van der Waals surface area contributed by atoms with E-state index in [9.17, 15) is 149 Å². The minimum absolute atomic E-state index is 0.00632. The van der Waals surface area contributed by atoms with Crippen molar-refractivity contribution >= 4 is 175 Å². The fourth-order valence-electron chi connectivity index (χ4n) is 14.9. The number of unbranched alkanes of at least 4 members (excludes halogenated alkanes) is 2. The number of carbonyl (C=O) groups is 3. The fraction of sp³-hybridized carbons (Fsp3) is 0.354. The van der Waals surface area contributed by atoms with Crippen LogP contribution < -0.4 is 15.1 Å². The third-order valence-electron chi connectivity index (χ3n) is 21.1. The smallest absolute Gasteiger partial charge is 0.336 e. The summed E-state index contributed by atoms with van der Waals surface area (Å²) >= 11 is 0. The average Bonchev–Trinajstić information content (AvgIpc) is 0.753. The topological polar surface area (TPSA) is 643 Å². The number of hydrogen-bond acceptors (Lipinski definition) is 25. The van der Waals surface area contributed by atoms with Crippen LogP contribution in [0.5, 0.6) is 0 Å². The largest absolute Gasteiger partial charge is 0.478 e. The number of nitrogens with one attached hydrogen (secondary N) is 1. The van der Waals surface area contributed by atoms with Crippen LogP contribution in [0.25, 0.3) is 21.5 Å². The second-order valence-corrected chi connectivity index (χ2v) is 45.1. The molecule has 0 bridgehead atoms. The average molecular weight is 1990 g/mol. The molecule has 1 aliphatic heterocycles. The predicted octanol–water partition coefficient (Wildman–Crippen LogP) is 9.11.